The smallest absolute Gasteiger partial charge is 0.273 e. The fraction of sp³-hybridized carbons (Fsp3) is 0.500. The van der Waals surface area contributed by atoms with Gasteiger partial charge in [-0.15, -0.1) is 12.4 Å². The molecule has 1 aromatic rings. The Balaban J connectivity index is 0.00000242. The van der Waals surface area contributed by atoms with Gasteiger partial charge in [0.25, 0.3) is 5.69 Å². The molecule has 3 N–H and O–H groups in total. The number of nitro benzene ring substituents is 1. The quantitative estimate of drug-likeness (QED) is 0.558. The summed E-state index contributed by atoms with van der Waals surface area (Å²) in [6.07, 6.45) is 2.04. The zero-order chi connectivity index (χ0) is 15.6. The molecule has 1 saturated carbocycles. The summed E-state index contributed by atoms with van der Waals surface area (Å²) in [5.41, 5.74) is 5.62. The SMILES string of the molecule is COc1cc([N+](=O)[O-])ccc1S(=O)(=O)NCC(N)C1CC1.Cl. The highest BCUT2D eigenvalue weighted by molar-refractivity contribution is 7.89. The number of nitrogens with zero attached hydrogens (tertiary/aromatic N) is 1. The Morgan fingerprint density at radius 2 is 2.14 bits per heavy atom. The van der Waals surface area contributed by atoms with Gasteiger partial charge in [-0.05, 0) is 24.8 Å². The minimum absolute atomic E-state index is 0. The van der Waals surface area contributed by atoms with Crippen molar-refractivity contribution in [1.82, 2.24) is 4.72 Å². The van der Waals surface area contributed by atoms with Crippen LogP contribution in [0.5, 0.6) is 5.75 Å². The predicted molar refractivity (Wildman–Crippen MR) is 82.8 cm³/mol. The number of sulfonamides is 1. The summed E-state index contributed by atoms with van der Waals surface area (Å²) in [6, 6.07) is 3.14. The first-order valence-corrected chi connectivity index (χ1v) is 7.91. The monoisotopic (exact) mass is 351 g/mol. The highest BCUT2D eigenvalue weighted by atomic mass is 35.5. The first-order valence-electron chi connectivity index (χ1n) is 6.43. The second-order valence-corrected chi connectivity index (χ2v) is 6.68. The number of nitrogens with two attached hydrogens (primary N) is 1. The summed E-state index contributed by atoms with van der Waals surface area (Å²) < 4.78 is 31.8. The first kappa shape index (κ1) is 18.6. The van der Waals surface area contributed by atoms with Gasteiger partial charge < -0.3 is 10.5 Å². The van der Waals surface area contributed by atoms with Crippen molar-refractivity contribution < 1.29 is 18.1 Å². The lowest BCUT2D eigenvalue weighted by Crippen LogP contribution is -2.38. The maximum atomic E-state index is 12.2. The Morgan fingerprint density at radius 1 is 1.50 bits per heavy atom. The Bertz CT molecular complexity index is 648. The van der Waals surface area contributed by atoms with E-state index in [1.54, 1.807) is 0 Å². The molecule has 22 heavy (non-hydrogen) atoms. The summed E-state index contributed by atoms with van der Waals surface area (Å²) in [5, 5.41) is 10.7. The van der Waals surface area contributed by atoms with Crippen LogP contribution >= 0.6 is 12.4 Å². The molecule has 1 aliphatic carbocycles. The molecule has 10 heteroatoms. The lowest BCUT2D eigenvalue weighted by molar-refractivity contribution is -0.385. The molecule has 8 nitrogen and oxygen atoms in total. The largest absolute Gasteiger partial charge is 0.495 e. The van der Waals surface area contributed by atoms with Crippen molar-refractivity contribution in [1.29, 1.82) is 0 Å². The van der Waals surface area contributed by atoms with Gasteiger partial charge in [-0.25, -0.2) is 13.1 Å². The zero-order valence-electron chi connectivity index (χ0n) is 11.9. The molecule has 0 bridgehead atoms. The summed E-state index contributed by atoms with van der Waals surface area (Å²) in [4.78, 5) is 9.94. The molecule has 1 aromatic carbocycles. The van der Waals surface area contributed by atoms with Gasteiger partial charge in [0, 0.05) is 18.7 Å². The number of hydrogen-bond donors (Lipinski definition) is 2. The van der Waals surface area contributed by atoms with E-state index in [-0.39, 0.29) is 41.3 Å². The van der Waals surface area contributed by atoms with Gasteiger partial charge in [0.2, 0.25) is 10.0 Å². The average Bonchev–Trinajstić information content (AvgIpc) is 3.28. The van der Waals surface area contributed by atoms with E-state index in [0.717, 1.165) is 31.0 Å². The number of nitro groups is 1. The molecule has 0 aromatic heterocycles. The topological polar surface area (TPSA) is 125 Å². The van der Waals surface area contributed by atoms with E-state index in [0.29, 0.717) is 5.92 Å². The fourth-order valence-electron chi connectivity index (χ4n) is 1.97. The highest BCUT2D eigenvalue weighted by Crippen LogP contribution is 2.32. The van der Waals surface area contributed by atoms with Gasteiger partial charge in [0.15, 0.2) is 0 Å². The van der Waals surface area contributed by atoms with E-state index >= 15 is 0 Å². The molecule has 0 spiro atoms. The molecule has 0 amide bonds. The number of halogens is 1. The maximum Gasteiger partial charge on any atom is 0.273 e. The Labute approximate surface area is 134 Å². The van der Waals surface area contributed by atoms with Crippen LogP contribution in [0.15, 0.2) is 23.1 Å². The van der Waals surface area contributed by atoms with Gasteiger partial charge >= 0.3 is 0 Å². The highest BCUT2D eigenvalue weighted by Gasteiger charge is 2.30. The van der Waals surface area contributed by atoms with E-state index in [4.69, 9.17) is 10.5 Å². The molecule has 1 unspecified atom stereocenters. The minimum atomic E-state index is -3.82. The Kier molecular flexibility index (Phi) is 6.12. The molecular weight excluding hydrogens is 334 g/mol. The summed E-state index contributed by atoms with van der Waals surface area (Å²) >= 11 is 0. The van der Waals surface area contributed by atoms with Crippen LogP contribution < -0.4 is 15.2 Å². The molecule has 0 heterocycles. The molecular formula is C12H18ClN3O5S. The molecule has 0 radical (unpaired) electrons. The minimum Gasteiger partial charge on any atom is -0.495 e. The van der Waals surface area contributed by atoms with Crippen LogP contribution in [-0.2, 0) is 10.0 Å². The lowest BCUT2D eigenvalue weighted by Gasteiger charge is -2.13. The third-order valence-corrected chi connectivity index (χ3v) is 4.85. The molecule has 0 saturated heterocycles. The van der Waals surface area contributed by atoms with Crippen LogP contribution in [0.25, 0.3) is 0 Å². The number of rotatable bonds is 7. The van der Waals surface area contributed by atoms with E-state index in [1.807, 2.05) is 0 Å². The molecule has 2 rings (SSSR count). The normalized spacial score (nSPS) is 15.7. The number of hydrogen-bond acceptors (Lipinski definition) is 6. The maximum absolute atomic E-state index is 12.2. The molecule has 1 fully saturated rings. The van der Waals surface area contributed by atoms with Crippen LogP contribution in [0.3, 0.4) is 0 Å². The van der Waals surface area contributed by atoms with E-state index < -0.39 is 14.9 Å². The number of ether oxygens (including phenoxy) is 1. The second-order valence-electron chi connectivity index (χ2n) is 4.95. The van der Waals surface area contributed by atoms with Crippen molar-refractivity contribution in [2.75, 3.05) is 13.7 Å². The molecule has 1 aliphatic rings. The van der Waals surface area contributed by atoms with Crippen LogP contribution in [-0.4, -0.2) is 33.0 Å². The van der Waals surface area contributed by atoms with Crippen LogP contribution in [0.2, 0.25) is 0 Å². The third kappa shape index (κ3) is 4.29. The molecule has 124 valence electrons. The summed E-state index contributed by atoms with van der Waals surface area (Å²) in [6.45, 7) is 0.132. The Hall–Kier alpha value is -1.42. The molecule has 1 atom stereocenters. The number of nitrogens with one attached hydrogen (secondary N) is 1. The van der Waals surface area contributed by atoms with Crippen LogP contribution in [0.4, 0.5) is 5.69 Å². The van der Waals surface area contributed by atoms with E-state index in [1.165, 1.54) is 7.11 Å². The van der Waals surface area contributed by atoms with Gasteiger partial charge in [-0.1, -0.05) is 0 Å². The third-order valence-electron chi connectivity index (χ3n) is 3.38. The van der Waals surface area contributed by atoms with Gasteiger partial charge in [-0.3, -0.25) is 10.1 Å². The van der Waals surface area contributed by atoms with Gasteiger partial charge in [0.05, 0.1) is 18.1 Å². The summed E-state index contributed by atoms with van der Waals surface area (Å²) in [7, 11) is -2.57. The van der Waals surface area contributed by atoms with Gasteiger partial charge in [0.1, 0.15) is 10.6 Å². The zero-order valence-corrected chi connectivity index (χ0v) is 13.5. The standard InChI is InChI=1S/C12H17N3O5S.ClH/c1-20-11-6-9(15(16)17)4-5-12(11)21(18,19)14-7-10(13)8-2-3-8;/h4-6,8,10,14H,2-3,7,13H2,1H3;1H. The van der Waals surface area contributed by atoms with Crippen molar-refractivity contribution in [3.63, 3.8) is 0 Å². The fourth-order valence-corrected chi connectivity index (χ4v) is 3.19. The number of methoxy groups -OCH3 is 1. The van der Waals surface area contributed by atoms with Crippen molar-refractivity contribution in [3.8, 4) is 5.75 Å². The van der Waals surface area contributed by atoms with Crippen molar-refractivity contribution >= 4 is 28.1 Å². The van der Waals surface area contributed by atoms with Crippen molar-refractivity contribution in [2.45, 2.75) is 23.8 Å². The predicted octanol–water partition coefficient (Wildman–Crippen LogP) is 1.04. The second kappa shape index (κ2) is 7.23. The van der Waals surface area contributed by atoms with Crippen molar-refractivity contribution in [2.24, 2.45) is 11.7 Å². The number of benzene rings is 1. The van der Waals surface area contributed by atoms with Crippen LogP contribution in [0, 0.1) is 16.0 Å². The average molecular weight is 352 g/mol. The van der Waals surface area contributed by atoms with E-state index in [2.05, 4.69) is 4.72 Å². The van der Waals surface area contributed by atoms with Gasteiger partial charge in [-0.2, -0.15) is 0 Å². The lowest BCUT2D eigenvalue weighted by atomic mass is 10.2. The number of non-ortho nitro benzene ring substituents is 1. The van der Waals surface area contributed by atoms with E-state index in [9.17, 15) is 18.5 Å². The first-order chi connectivity index (χ1) is 9.85. The Morgan fingerprint density at radius 3 is 2.64 bits per heavy atom. The summed E-state index contributed by atoms with van der Waals surface area (Å²) in [5.74, 6) is 0.295. The van der Waals surface area contributed by atoms with Crippen molar-refractivity contribution in [3.05, 3.63) is 28.3 Å². The van der Waals surface area contributed by atoms with Crippen LogP contribution in [0.1, 0.15) is 12.8 Å². The molecule has 0 aliphatic heterocycles.